The Morgan fingerprint density at radius 2 is 1.87 bits per heavy atom. The van der Waals surface area contributed by atoms with E-state index >= 15 is 0 Å². The number of ketones is 1. The lowest BCUT2D eigenvalue weighted by Crippen LogP contribution is -2.30. The maximum Gasteiger partial charge on any atom is 0.338 e. The normalized spacial score (nSPS) is 15.3. The molecule has 0 spiro atoms. The summed E-state index contributed by atoms with van der Waals surface area (Å²) in [5.41, 5.74) is 1.89. The predicted octanol–water partition coefficient (Wildman–Crippen LogP) is 5.18. The molecule has 2 aromatic carbocycles. The van der Waals surface area contributed by atoms with Crippen LogP contribution in [0.3, 0.4) is 0 Å². The Morgan fingerprint density at radius 3 is 2.54 bits per heavy atom. The van der Waals surface area contributed by atoms with Gasteiger partial charge in [0.1, 0.15) is 0 Å². The molecule has 1 N–H and O–H groups in total. The summed E-state index contributed by atoms with van der Waals surface area (Å²) in [6.45, 7) is 3.60. The largest absolute Gasteiger partial charge is 0.503 e. The summed E-state index contributed by atoms with van der Waals surface area (Å²) in [7, 11) is 1.50. The molecule has 1 amide bonds. The van der Waals surface area contributed by atoms with E-state index < -0.39 is 29.5 Å². The van der Waals surface area contributed by atoms with E-state index in [1.807, 2.05) is 0 Å². The molecule has 5 rings (SSSR count). The summed E-state index contributed by atoms with van der Waals surface area (Å²) in [4.78, 5) is 44.8. The van der Waals surface area contributed by atoms with Crippen molar-refractivity contribution in [1.82, 2.24) is 9.88 Å². The number of aromatic nitrogens is 1. The molecule has 1 atom stereocenters. The van der Waals surface area contributed by atoms with Crippen molar-refractivity contribution < 1.29 is 33.4 Å². The number of carbonyl (C=O) groups is 3. The molecule has 0 aliphatic carbocycles. The Hall–Kier alpha value is -4.92. The number of nitrogens with zero attached hydrogens (tertiary/aromatic N) is 2. The van der Waals surface area contributed by atoms with Gasteiger partial charge in [-0.05, 0) is 55.3 Å². The standard InChI is InChI=1S/C30H26N2O7/c1-17(2)38-30(36)19-11-9-18(10-12-19)16-32-25(21-7-5-13-31-15-21)24(27(34)29(32)35)26(33)23-14-20-6-4-8-22(37-3)28(20)39-23/h4-15,17,25,34H,16H2,1-3H3. The van der Waals surface area contributed by atoms with E-state index in [0.717, 1.165) is 0 Å². The number of hydrogen-bond donors (Lipinski definition) is 1. The summed E-state index contributed by atoms with van der Waals surface area (Å²) in [6, 6.07) is 16.0. The molecule has 1 aliphatic heterocycles. The molecule has 39 heavy (non-hydrogen) atoms. The van der Waals surface area contributed by atoms with Crippen LogP contribution >= 0.6 is 0 Å². The monoisotopic (exact) mass is 526 g/mol. The number of furan rings is 1. The maximum absolute atomic E-state index is 13.8. The molecule has 0 radical (unpaired) electrons. The van der Waals surface area contributed by atoms with Crippen LogP contribution in [-0.4, -0.2) is 45.9 Å². The van der Waals surface area contributed by atoms with Crippen molar-refractivity contribution in [3.05, 3.63) is 107 Å². The Balaban J connectivity index is 1.50. The number of fused-ring (bicyclic) bond motifs is 1. The zero-order valence-corrected chi connectivity index (χ0v) is 21.6. The molecule has 2 aromatic heterocycles. The third-order valence-electron chi connectivity index (χ3n) is 6.39. The van der Waals surface area contributed by atoms with Crippen LogP contribution in [0.25, 0.3) is 11.0 Å². The van der Waals surface area contributed by atoms with Crippen LogP contribution in [0.15, 0.2) is 88.8 Å². The number of pyridine rings is 1. The zero-order chi connectivity index (χ0) is 27.7. The molecular weight excluding hydrogens is 500 g/mol. The Kier molecular flexibility index (Phi) is 6.89. The lowest BCUT2D eigenvalue weighted by molar-refractivity contribution is -0.130. The van der Waals surface area contributed by atoms with Crippen LogP contribution in [0.5, 0.6) is 5.75 Å². The van der Waals surface area contributed by atoms with Gasteiger partial charge in [0.05, 0.1) is 30.4 Å². The summed E-state index contributed by atoms with van der Waals surface area (Å²) in [5.74, 6) is -2.01. The Morgan fingerprint density at radius 1 is 1.10 bits per heavy atom. The van der Waals surface area contributed by atoms with Gasteiger partial charge in [-0.1, -0.05) is 30.3 Å². The lowest BCUT2D eigenvalue weighted by Gasteiger charge is -2.26. The Labute approximate surface area is 224 Å². The van der Waals surface area contributed by atoms with Crippen molar-refractivity contribution >= 4 is 28.6 Å². The van der Waals surface area contributed by atoms with Crippen LogP contribution in [-0.2, 0) is 16.1 Å². The molecule has 0 bridgehead atoms. The average molecular weight is 527 g/mol. The highest BCUT2D eigenvalue weighted by Crippen LogP contribution is 2.40. The fourth-order valence-electron chi connectivity index (χ4n) is 4.60. The zero-order valence-electron chi connectivity index (χ0n) is 21.6. The number of amides is 1. The van der Waals surface area contributed by atoms with Gasteiger partial charge >= 0.3 is 5.97 Å². The molecule has 0 saturated heterocycles. The van der Waals surface area contributed by atoms with Crippen LogP contribution in [0.1, 0.15) is 51.9 Å². The first-order valence-electron chi connectivity index (χ1n) is 12.3. The summed E-state index contributed by atoms with van der Waals surface area (Å²) >= 11 is 0. The smallest absolute Gasteiger partial charge is 0.338 e. The topological polar surface area (TPSA) is 119 Å². The highest BCUT2D eigenvalue weighted by Gasteiger charge is 2.44. The van der Waals surface area contributed by atoms with E-state index in [4.69, 9.17) is 13.9 Å². The molecule has 9 heteroatoms. The van der Waals surface area contributed by atoms with Gasteiger partial charge in [0.2, 0.25) is 5.78 Å². The number of rotatable bonds is 8. The van der Waals surface area contributed by atoms with Crippen LogP contribution in [0.2, 0.25) is 0 Å². The second kappa shape index (κ2) is 10.4. The molecule has 9 nitrogen and oxygen atoms in total. The number of Topliss-reactive ketones (excluding diaryl/α,β-unsaturated/α-hetero) is 1. The number of carbonyl (C=O) groups excluding carboxylic acids is 3. The van der Waals surface area contributed by atoms with Gasteiger partial charge in [0.25, 0.3) is 5.91 Å². The van der Waals surface area contributed by atoms with Crippen LogP contribution in [0, 0.1) is 0 Å². The second-order valence-electron chi connectivity index (χ2n) is 9.35. The van der Waals surface area contributed by atoms with Gasteiger partial charge in [-0.25, -0.2) is 4.79 Å². The quantitative estimate of drug-likeness (QED) is 0.246. The first-order chi connectivity index (χ1) is 18.8. The van der Waals surface area contributed by atoms with E-state index in [9.17, 15) is 19.5 Å². The van der Waals surface area contributed by atoms with Gasteiger partial charge in [-0.15, -0.1) is 0 Å². The number of aliphatic hydroxyl groups excluding tert-OH is 1. The number of para-hydroxylation sites is 1. The number of methoxy groups -OCH3 is 1. The van der Waals surface area contributed by atoms with Crippen molar-refractivity contribution in [2.24, 2.45) is 0 Å². The van der Waals surface area contributed by atoms with Gasteiger partial charge in [0, 0.05) is 24.3 Å². The molecular formula is C30H26N2O7. The van der Waals surface area contributed by atoms with E-state index in [2.05, 4.69) is 4.98 Å². The molecule has 198 valence electrons. The molecule has 0 fully saturated rings. The van der Waals surface area contributed by atoms with Gasteiger partial charge < -0.3 is 23.9 Å². The number of hydrogen-bond acceptors (Lipinski definition) is 8. The summed E-state index contributed by atoms with van der Waals surface area (Å²) < 4.78 is 16.4. The van der Waals surface area contributed by atoms with Gasteiger partial charge in [-0.3, -0.25) is 14.6 Å². The minimum atomic E-state index is -0.917. The molecule has 1 aliphatic rings. The highest BCUT2D eigenvalue weighted by molar-refractivity contribution is 6.16. The van der Waals surface area contributed by atoms with Crippen LogP contribution in [0.4, 0.5) is 0 Å². The van der Waals surface area contributed by atoms with Crippen molar-refractivity contribution in [3.8, 4) is 5.75 Å². The lowest BCUT2D eigenvalue weighted by atomic mass is 9.96. The number of aliphatic hydroxyl groups is 1. The summed E-state index contributed by atoms with van der Waals surface area (Å²) in [5, 5.41) is 11.6. The van der Waals surface area contributed by atoms with Crippen LogP contribution < -0.4 is 4.74 Å². The fraction of sp³-hybridized carbons (Fsp3) is 0.200. The van der Waals surface area contributed by atoms with E-state index in [0.29, 0.717) is 33.4 Å². The summed E-state index contributed by atoms with van der Waals surface area (Å²) in [6.07, 6.45) is 2.87. The first-order valence-corrected chi connectivity index (χ1v) is 12.3. The maximum atomic E-state index is 13.8. The number of benzene rings is 2. The molecule has 4 aromatic rings. The molecule has 3 heterocycles. The SMILES string of the molecule is COc1cccc2cc(C(=O)C3=C(O)C(=O)N(Cc4ccc(C(=O)OC(C)C)cc4)C3c3cccnc3)oc12. The highest BCUT2D eigenvalue weighted by atomic mass is 16.5. The molecule has 0 saturated carbocycles. The first kappa shape index (κ1) is 25.7. The Bertz CT molecular complexity index is 1590. The van der Waals surface area contributed by atoms with Crippen molar-refractivity contribution in [2.45, 2.75) is 32.5 Å². The van der Waals surface area contributed by atoms with E-state index in [-0.39, 0.29) is 24.0 Å². The third kappa shape index (κ3) is 4.86. The third-order valence-corrected chi connectivity index (χ3v) is 6.39. The van der Waals surface area contributed by atoms with Crippen molar-refractivity contribution in [2.75, 3.05) is 7.11 Å². The van der Waals surface area contributed by atoms with E-state index in [1.54, 1.807) is 86.9 Å². The van der Waals surface area contributed by atoms with Crippen molar-refractivity contribution in [1.29, 1.82) is 0 Å². The van der Waals surface area contributed by atoms with Gasteiger partial charge in [0.15, 0.2) is 22.9 Å². The minimum absolute atomic E-state index is 0.0346. The van der Waals surface area contributed by atoms with Crippen molar-refractivity contribution in [3.63, 3.8) is 0 Å². The molecule has 1 unspecified atom stereocenters. The second-order valence-corrected chi connectivity index (χ2v) is 9.35. The number of ether oxygens (including phenoxy) is 2. The van der Waals surface area contributed by atoms with Gasteiger partial charge in [-0.2, -0.15) is 0 Å². The number of esters is 1. The fourth-order valence-corrected chi connectivity index (χ4v) is 4.60. The predicted molar refractivity (Wildman–Crippen MR) is 141 cm³/mol. The minimum Gasteiger partial charge on any atom is -0.503 e. The average Bonchev–Trinajstić information content (AvgIpc) is 3.48. The van der Waals surface area contributed by atoms with E-state index in [1.165, 1.54) is 12.0 Å².